The second-order valence-corrected chi connectivity index (χ2v) is 6.21. The van der Waals surface area contributed by atoms with Crippen LogP contribution in [0.15, 0.2) is 17.5 Å². The van der Waals surface area contributed by atoms with Crippen LogP contribution >= 0.6 is 22.7 Å². The highest BCUT2D eigenvalue weighted by Gasteiger charge is 2.11. The van der Waals surface area contributed by atoms with Crippen LogP contribution in [0, 0.1) is 6.92 Å². The quantitative estimate of drug-likeness (QED) is 0.883. The summed E-state index contributed by atoms with van der Waals surface area (Å²) in [6.07, 6.45) is -0.0231. The van der Waals surface area contributed by atoms with Gasteiger partial charge >= 0.3 is 5.97 Å². The van der Waals surface area contributed by atoms with E-state index in [2.05, 4.69) is 36.3 Å². The van der Waals surface area contributed by atoms with E-state index >= 15 is 0 Å². The molecule has 4 nitrogen and oxygen atoms in total. The molecular weight excluding hydrogens is 268 g/mol. The fraction of sp³-hybridized carbons (Fsp3) is 0.333. The fourth-order valence-electron chi connectivity index (χ4n) is 1.55. The van der Waals surface area contributed by atoms with Crippen LogP contribution < -0.4 is 5.32 Å². The van der Waals surface area contributed by atoms with Gasteiger partial charge in [-0.25, -0.2) is 4.98 Å². The number of anilines is 1. The molecule has 2 N–H and O–H groups in total. The monoisotopic (exact) mass is 282 g/mol. The predicted octanol–water partition coefficient (Wildman–Crippen LogP) is 3.31. The van der Waals surface area contributed by atoms with Crippen molar-refractivity contribution in [1.29, 1.82) is 0 Å². The number of aromatic nitrogens is 1. The number of aryl methyl sites for hydroxylation is 1. The number of carboxylic acid groups (broad SMARTS) is 1. The van der Waals surface area contributed by atoms with E-state index in [9.17, 15) is 4.79 Å². The van der Waals surface area contributed by atoms with Crippen molar-refractivity contribution >= 4 is 33.8 Å². The molecule has 0 bridgehead atoms. The molecule has 0 saturated heterocycles. The molecule has 2 aromatic rings. The van der Waals surface area contributed by atoms with Gasteiger partial charge in [-0.05, 0) is 26.0 Å². The van der Waals surface area contributed by atoms with Crippen molar-refractivity contribution in [1.82, 2.24) is 4.98 Å². The molecule has 0 aromatic carbocycles. The highest BCUT2D eigenvalue weighted by molar-refractivity contribution is 7.14. The summed E-state index contributed by atoms with van der Waals surface area (Å²) in [4.78, 5) is 17.4. The van der Waals surface area contributed by atoms with E-state index in [0.29, 0.717) is 5.69 Å². The van der Waals surface area contributed by atoms with Crippen molar-refractivity contribution in [2.24, 2.45) is 0 Å². The summed E-state index contributed by atoms with van der Waals surface area (Å²) in [5.41, 5.74) is 0.601. The summed E-state index contributed by atoms with van der Waals surface area (Å²) in [6.45, 7) is 4.15. The molecule has 0 fully saturated rings. The summed E-state index contributed by atoms with van der Waals surface area (Å²) in [7, 11) is 0. The van der Waals surface area contributed by atoms with Crippen molar-refractivity contribution in [2.45, 2.75) is 26.3 Å². The van der Waals surface area contributed by atoms with E-state index in [-0.39, 0.29) is 12.5 Å². The minimum atomic E-state index is -0.853. The summed E-state index contributed by atoms with van der Waals surface area (Å²) in [5.74, 6) is -0.853. The molecule has 96 valence electrons. The Hall–Kier alpha value is -1.40. The van der Waals surface area contributed by atoms with E-state index < -0.39 is 5.97 Å². The second-order valence-electron chi connectivity index (χ2n) is 4.03. The first kappa shape index (κ1) is 13.0. The Balaban J connectivity index is 2.00. The standard InChI is InChI=1S/C12H14N2O2S2/c1-7-3-4-10(18-7)8(2)13-12-14-9(6-17-12)5-11(15)16/h3-4,6,8H,5H2,1-2H3,(H,13,14)(H,15,16). The molecule has 0 aliphatic rings. The number of hydrogen-bond donors (Lipinski definition) is 2. The number of nitrogens with zero attached hydrogens (tertiary/aromatic N) is 1. The van der Waals surface area contributed by atoms with Gasteiger partial charge in [0.25, 0.3) is 0 Å². The van der Waals surface area contributed by atoms with E-state index in [1.54, 1.807) is 16.7 Å². The lowest BCUT2D eigenvalue weighted by Gasteiger charge is -2.10. The molecular formula is C12H14N2O2S2. The molecule has 0 radical (unpaired) electrons. The Morgan fingerprint density at radius 2 is 2.33 bits per heavy atom. The van der Waals surface area contributed by atoms with Crippen LogP contribution in [-0.4, -0.2) is 16.1 Å². The zero-order valence-corrected chi connectivity index (χ0v) is 11.8. The van der Waals surface area contributed by atoms with Crippen molar-refractivity contribution < 1.29 is 9.90 Å². The van der Waals surface area contributed by atoms with Gasteiger partial charge in [0.15, 0.2) is 5.13 Å². The lowest BCUT2D eigenvalue weighted by molar-refractivity contribution is -0.136. The van der Waals surface area contributed by atoms with Crippen LogP contribution in [-0.2, 0) is 11.2 Å². The summed E-state index contributed by atoms with van der Waals surface area (Å²) in [6, 6.07) is 4.38. The maximum Gasteiger partial charge on any atom is 0.309 e. The fourth-order valence-corrected chi connectivity index (χ4v) is 3.23. The Bertz CT molecular complexity index is 548. The SMILES string of the molecule is Cc1ccc(C(C)Nc2nc(CC(=O)O)cs2)s1. The van der Waals surface area contributed by atoms with Gasteiger partial charge in [0, 0.05) is 15.1 Å². The van der Waals surface area contributed by atoms with Gasteiger partial charge in [0.1, 0.15) is 0 Å². The maximum absolute atomic E-state index is 10.6. The van der Waals surface area contributed by atoms with E-state index in [1.165, 1.54) is 21.1 Å². The Morgan fingerprint density at radius 1 is 1.56 bits per heavy atom. The number of thiazole rings is 1. The minimum Gasteiger partial charge on any atom is -0.481 e. The smallest absolute Gasteiger partial charge is 0.309 e. The molecule has 6 heteroatoms. The number of aliphatic carboxylic acids is 1. The topological polar surface area (TPSA) is 62.2 Å². The molecule has 2 rings (SSSR count). The van der Waals surface area contributed by atoms with Crippen molar-refractivity contribution in [3.05, 3.63) is 33.0 Å². The van der Waals surface area contributed by atoms with E-state index in [1.807, 2.05) is 0 Å². The van der Waals surface area contributed by atoms with Crippen molar-refractivity contribution in [3.8, 4) is 0 Å². The zero-order valence-electron chi connectivity index (χ0n) is 10.1. The molecule has 2 aromatic heterocycles. The summed E-state index contributed by atoms with van der Waals surface area (Å²) >= 11 is 3.19. The zero-order chi connectivity index (χ0) is 13.1. The number of carboxylic acids is 1. The number of thiophene rings is 1. The summed E-state index contributed by atoms with van der Waals surface area (Å²) in [5, 5.41) is 14.5. The van der Waals surface area contributed by atoms with Gasteiger partial charge in [-0.2, -0.15) is 0 Å². The van der Waals surface area contributed by atoms with Crippen LogP contribution in [0.1, 0.15) is 28.4 Å². The maximum atomic E-state index is 10.6. The average molecular weight is 282 g/mol. The Kier molecular flexibility index (Phi) is 3.98. The van der Waals surface area contributed by atoms with Gasteiger partial charge in [-0.3, -0.25) is 4.79 Å². The largest absolute Gasteiger partial charge is 0.481 e. The lowest BCUT2D eigenvalue weighted by atomic mass is 10.3. The number of rotatable bonds is 5. The number of hydrogen-bond acceptors (Lipinski definition) is 5. The van der Waals surface area contributed by atoms with E-state index in [0.717, 1.165) is 5.13 Å². The molecule has 0 spiro atoms. The molecule has 0 aliphatic heterocycles. The molecule has 0 amide bonds. The van der Waals surface area contributed by atoms with Crippen molar-refractivity contribution in [3.63, 3.8) is 0 Å². The van der Waals surface area contributed by atoms with Crippen LogP contribution in [0.2, 0.25) is 0 Å². The second kappa shape index (κ2) is 5.49. The van der Waals surface area contributed by atoms with Gasteiger partial charge in [-0.1, -0.05) is 0 Å². The van der Waals surface area contributed by atoms with Gasteiger partial charge in [-0.15, -0.1) is 22.7 Å². The first-order valence-corrected chi connectivity index (χ1v) is 7.23. The molecule has 18 heavy (non-hydrogen) atoms. The first-order valence-electron chi connectivity index (χ1n) is 5.53. The van der Waals surface area contributed by atoms with Gasteiger partial charge in [0.05, 0.1) is 18.2 Å². The lowest BCUT2D eigenvalue weighted by Crippen LogP contribution is -2.05. The highest BCUT2D eigenvalue weighted by atomic mass is 32.1. The molecule has 2 heterocycles. The highest BCUT2D eigenvalue weighted by Crippen LogP contribution is 2.27. The first-order chi connectivity index (χ1) is 8.54. The van der Waals surface area contributed by atoms with Crippen LogP contribution in [0.25, 0.3) is 0 Å². The Morgan fingerprint density at radius 3 is 2.94 bits per heavy atom. The molecule has 1 atom stereocenters. The van der Waals surface area contributed by atoms with Crippen molar-refractivity contribution in [2.75, 3.05) is 5.32 Å². The van der Waals surface area contributed by atoms with Crippen LogP contribution in [0.3, 0.4) is 0 Å². The summed E-state index contributed by atoms with van der Waals surface area (Å²) < 4.78 is 0. The predicted molar refractivity (Wildman–Crippen MR) is 74.5 cm³/mol. The number of nitrogens with one attached hydrogen (secondary N) is 1. The molecule has 0 saturated carbocycles. The molecule has 0 aliphatic carbocycles. The third kappa shape index (κ3) is 3.30. The van der Waals surface area contributed by atoms with Crippen LogP contribution in [0.5, 0.6) is 0 Å². The normalized spacial score (nSPS) is 12.3. The third-order valence-electron chi connectivity index (χ3n) is 2.41. The molecule has 1 unspecified atom stereocenters. The van der Waals surface area contributed by atoms with Crippen LogP contribution in [0.4, 0.5) is 5.13 Å². The average Bonchev–Trinajstić information content (AvgIpc) is 2.87. The number of carbonyl (C=O) groups is 1. The Labute approximate surface area is 113 Å². The van der Waals surface area contributed by atoms with Gasteiger partial charge < -0.3 is 10.4 Å². The third-order valence-corrected chi connectivity index (χ3v) is 4.42. The van der Waals surface area contributed by atoms with E-state index in [4.69, 9.17) is 5.11 Å². The minimum absolute atomic E-state index is 0.0231. The van der Waals surface area contributed by atoms with Gasteiger partial charge in [0.2, 0.25) is 0 Å².